The molecule has 7 nitrogen and oxygen atoms in total. The zero-order valence-corrected chi connectivity index (χ0v) is 19.0. The Balaban J connectivity index is 1.38. The monoisotopic (exact) mass is 455 g/mol. The SMILES string of the molecule is Cc1cc(Oc2ncccc2C#N)ccc1NC(=O)C1(c2ccc3c(c2)OCCO3)CCCC1. The zero-order valence-electron chi connectivity index (χ0n) is 19.0. The van der Waals surface area contributed by atoms with Crippen LogP contribution in [0.1, 0.15) is 42.4 Å². The molecular weight excluding hydrogens is 430 g/mol. The number of carbonyl (C=O) groups excluding carboxylic acids is 1. The van der Waals surface area contributed by atoms with E-state index in [9.17, 15) is 10.1 Å². The molecule has 2 aromatic carbocycles. The molecule has 34 heavy (non-hydrogen) atoms. The minimum absolute atomic E-state index is 0.0186. The summed E-state index contributed by atoms with van der Waals surface area (Å²) in [6, 6.07) is 16.7. The Morgan fingerprint density at radius 1 is 1.09 bits per heavy atom. The molecule has 5 rings (SSSR count). The van der Waals surface area contributed by atoms with Crippen molar-refractivity contribution in [2.45, 2.75) is 38.0 Å². The van der Waals surface area contributed by atoms with Gasteiger partial charge in [-0.2, -0.15) is 5.26 Å². The summed E-state index contributed by atoms with van der Waals surface area (Å²) >= 11 is 0. The molecule has 7 heteroatoms. The zero-order chi connectivity index (χ0) is 23.5. The van der Waals surface area contributed by atoms with Crippen molar-refractivity contribution in [2.75, 3.05) is 18.5 Å². The van der Waals surface area contributed by atoms with Gasteiger partial charge in [0.25, 0.3) is 0 Å². The van der Waals surface area contributed by atoms with Gasteiger partial charge in [0.2, 0.25) is 11.8 Å². The van der Waals surface area contributed by atoms with Gasteiger partial charge in [0, 0.05) is 11.9 Å². The first-order chi connectivity index (χ1) is 16.6. The summed E-state index contributed by atoms with van der Waals surface area (Å²) in [5.74, 6) is 2.21. The summed E-state index contributed by atoms with van der Waals surface area (Å²) in [4.78, 5) is 17.8. The van der Waals surface area contributed by atoms with Crippen LogP contribution in [0.5, 0.6) is 23.1 Å². The number of hydrogen-bond acceptors (Lipinski definition) is 6. The maximum atomic E-state index is 13.7. The third-order valence-electron chi connectivity index (χ3n) is 6.54. The van der Waals surface area contributed by atoms with Gasteiger partial charge in [-0.25, -0.2) is 4.98 Å². The minimum atomic E-state index is -0.604. The fraction of sp³-hybridized carbons (Fsp3) is 0.296. The molecule has 1 amide bonds. The maximum Gasteiger partial charge on any atom is 0.237 e. The molecule has 3 aromatic rings. The molecule has 0 atom stereocenters. The highest BCUT2D eigenvalue weighted by atomic mass is 16.6. The molecule has 0 radical (unpaired) electrons. The average molecular weight is 456 g/mol. The number of amides is 1. The highest BCUT2D eigenvalue weighted by molar-refractivity contribution is 6.00. The van der Waals surface area contributed by atoms with E-state index in [4.69, 9.17) is 14.2 Å². The van der Waals surface area contributed by atoms with Gasteiger partial charge in [-0.1, -0.05) is 18.9 Å². The van der Waals surface area contributed by atoms with Crippen molar-refractivity contribution >= 4 is 11.6 Å². The first-order valence-electron chi connectivity index (χ1n) is 11.4. The van der Waals surface area contributed by atoms with Crippen LogP contribution >= 0.6 is 0 Å². The van der Waals surface area contributed by atoms with E-state index in [2.05, 4.69) is 16.4 Å². The van der Waals surface area contributed by atoms with Crippen LogP contribution in [-0.2, 0) is 10.2 Å². The molecule has 1 saturated carbocycles. The van der Waals surface area contributed by atoms with Crippen molar-refractivity contribution in [3.05, 3.63) is 71.4 Å². The van der Waals surface area contributed by atoms with Crippen LogP contribution in [-0.4, -0.2) is 24.1 Å². The van der Waals surface area contributed by atoms with Gasteiger partial charge in [-0.15, -0.1) is 0 Å². The standard InChI is InChI=1S/C27H25N3O4/c1-18-15-21(34-25-19(17-28)5-4-12-29-25)7-8-22(18)30-26(31)27(10-2-3-11-27)20-6-9-23-24(16-20)33-14-13-32-23/h4-9,12,15-16H,2-3,10-11,13-14H2,1H3,(H,30,31). The van der Waals surface area contributed by atoms with Gasteiger partial charge >= 0.3 is 0 Å². The molecule has 1 fully saturated rings. The fourth-order valence-electron chi connectivity index (χ4n) is 4.72. The lowest BCUT2D eigenvalue weighted by atomic mass is 9.77. The molecule has 0 bridgehead atoms. The summed E-state index contributed by atoms with van der Waals surface area (Å²) < 4.78 is 17.2. The van der Waals surface area contributed by atoms with Crippen LogP contribution in [0.2, 0.25) is 0 Å². The Morgan fingerprint density at radius 3 is 2.65 bits per heavy atom. The number of aromatic nitrogens is 1. The van der Waals surface area contributed by atoms with Crippen LogP contribution < -0.4 is 19.5 Å². The summed E-state index contributed by atoms with van der Waals surface area (Å²) in [5.41, 5.74) is 2.30. The molecule has 2 heterocycles. The molecule has 2 aliphatic rings. The number of aryl methyl sites for hydroxylation is 1. The quantitative estimate of drug-likeness (QED) is 0.563. The number of benzene rings is 2. The molecule has 0 unspecified atom stereocenters. The maximum absolute atomic E-state index is 13.7. The summed E-state index contributed by atoms with van der Waals surface area (Å²) in [5, 5.41) is 12.4. The average Bonchev–Trinajstić information content (AvgIpc) is 3.37. The van der Waals surface area contributed by atoms with E-state index >= 15 is 0 Å². The number of anilines is 1. The van der Waals surface area contributed by atoms with Crippen molar-refractivity contribution in [2.24, 2.45) is 0 Å². The number of hydrogen-bond donors (Lipinski definition) is 1. The molecule has 1 N–H and O–H groups in total. The Bertz CT molecular complexity index is 1280. The smallest absolute Gasteiger partial charge is 0.237 e. The van der Waals surface area contributed by atoms with Gasteiger partial charge < -0.3 is 19.5 Å². The van der Waals surface area contributed by atoms with Crippen molar-refractivity contribution in [3.8, 4) is 29.2 Å². The number of rotatable bonds is 5. The Morgan fingerprint density at radius 2 is 1.88 bits per heavy atom. The van der Waals surface area contributed by atoms with E-state index in [0.717, 1.165) is 48.2 Å². The number of carbonyl (C=O) groups is 1. The molecule has 172 valence electrons. The second-order valence-corrected chi connectivity index (χ2v) is 8.65. The summed E-state index contributed by atoms with van der Waals surface area (Å²) in [7, 11) is 0. The number of ether oxygens (including phenoxy) is 3. The van der Waals surface area contributed by atoms with E-state index in [1.54, 1.807) is 24.4 Å². The Labute approximate surface area is 198 Å². The molecular formula is C27H25N3O4. The summed E-state index contributed by atoms with van der Waals surface area (Å²) in [6.07, 6.45) is 5.15. The van der Waals surface area contributed by atoms with Crippen molar-refractivity contribution in [3.63, 3.8) is 0 Å². The van der Waals surface area contributed by atoms with E-state index in [-0.39, 0.29) is 11.8 Å². The number of fused-ring (bicyclic) bond motifs is 1. The van der Waals surface area contributed by atoms with Crippen LogP contribution in [0.15, 0.2) is 54.7 Å². The molecule has 0 spiro atoms. The van der Waals surface area contributed by atoms with Crippen molar-refractivity contribution in [1.29, 1.82) is 5.26 Å². The predicted molar refractivity (Wildman–Crippen MR) is 126 cm³/mol. The number of nitrogens with one attached hydrogen (secondary N) is 1. The third kappa shape index (κ3) is 4.03. The van der Waals surface area contributed by atoms with Crippen molar-refractivity contribution < 1.29 is 19.0 Å². The van der Waals surface area contributed by atoms with Crippen LogP contribution in [0.4, 0.5) is 5.69 Å². The minimum Gasteiger partial charge on any atom is -0.486 e. The predicted octanol–water partition coefficient (Wildman–Crippen LogP) is 5.28. The first-order valence-corrected chi connectivity index (χ1v) is 11.4. The topological polar surface area (TPSA) is 93.5 Å². The first kappa shape index (κ1) is 21.8. The van der Waals surface area contributed by atoms with E-state index in [1.165, 1.54) is 0 Å². The van der Waals surface area contributed by atoms with E-state index < -0.39 is 5.41 Å². The van der Waals surface area contributed by atoms with Crippen molar-refractivity contribution in [1.82, 2.24) is 4.98 Å². The summed E-state index contributed by atoms with van der Waals surface area (Å²) in [6.45, 7) is 2.96. The largest absolute Gasteiger partial charge is 0.486 e. The van der Waals surface area contributed by atoms with Gasteiger partial charge in [-0.05, 0) is 73.4 Å². The molecule has 1 aliphatic carbocycles. The normalized spacial score (nSPS) is 15.9. The Hall–Kier alpha value is -4.05. The van der Waals surface area contributed by atoms with Gasteiger partial charge in [0.15, 0.2) is 11.5 Å². The number of pyridine rings is 1. The van der Waals surface area contributed by atoms with E-state index in [1.807, 2.05) is 37.3 Å². The lowest BCUT2D eigenvalue weighted by Crippen LogP contribution is -2.38. The van der Waals surface area contributed by atoms with Gasteiger partial charge in [-0.3, -0.25) is 4.79 Å². The second kappa shape index (κ2) is 9.06. The fourth-order valence-corrected chi connectivity index (χ4v) is 4.72. The second-order valence-electron chi connectivity index (χ2n) is 8.65. The third-order valence-corrected chi connectivity index (χ3v) is 6.54. The van der Waals surface area contributed by atoms with Crippen LogP contribution in [0.3, 0.4) is 0 Å². The molecule has 1 aliphatic heterocycles. The lowest BCUT2D eigenvalue weighted by Gasteiger charge is -2.30. The lowest BCUT2D eigenvalue weighted by molar-refractivity contribution is -0.121. The van der Waals surface area contributed by atoms with Gasteiger partial charge in [0.05, 0.1) is 5.41 Å². The number of nitrogens with zero attached hydrogens (tertiary/aromatic N) is 2. The molecule has 1 aromatic heterocycles. The highest BCUT2D eigenvalue weighted by Gasteiger charge is 2.43. The molecule has 0 saturated heterocycles. The number of nitriles is 1. The highest BCUT2D eigenvalue weighted by Crippen LogP contribution is 2.45. The van der Waals surface area contributed by atoms with Gasteiger partial charge in [0.1, 0.15) is 30.6 Å². The Kier molecular flexibility index (Phi) is 5.81. The van der Waals surface area contributed by atoms with Crippen LogP contribution in [0.25, 0.3) is 0 Å². The van der Waals surface area contributed by atoms with E-state index in [0.29, 0.717) is 30.3 Å². The van der Waals surface area contributed by atoms with Crippen LogP contribution in [0, 0.1) is 18.3 Å².